The highest BCUT2D eigenvalue weighted by Gasteiger charge is 2.44. The SMILES string of the molecule is Cc1cc2oc(=O)cc(CSCC(=O)Nc3ccc4c(c3)OC3(CCCC3)O4)c2cc1C. The highest BCUT2D eigenvalue weighted by Crippen LogP contribution is 2.47. The van der Waals surface area contributed by atoms with Gasteiger partial charge < -0.3 is 19.2 Å². The van der Waals surface area contributed by atoms with Gasteiger partial charge in [-0.3, -0.25) is 4.79 Å². The maximum atomic E-state index is 12.5. The minimum atomic E-state index is -0.511. The van der Waals surface area contributed by atoms with E-state index >= 15 is 0 Å². The lowest BCUT2D eigenvalue weighted by molar-refractivity contribution is -0.113. The number of rotatable bonds is 5. The number of anilines is 1. The summed E-state index contributed by atoms with van der Waals surface area (Å²) < 4.78 is 17.4. The Balaban J connectivity index is 1.22. The van der Waals surface area contributed by atoms with Gasteiger partial charge in [-0.05, 0) is 67.6 Å². The smallest absolute Gasteiger partial charge is 0.336 e. The van der Waals surface area contributed by atoms with Gasteiger partial charge in [0.1, 0.15) is 5.58 Å². The van der Waals surface area contributed by atoms with Crippen molar-refractivity contribution in [2.75, 3.05) is 11.1 Å². The third-order valence-corrected chi connectivity index (χ3v) is 7.10. The van der Waals surface area contributed by atoms with Gasteiger partial charge in [-0.2, -0.15) is 0 Å². The molecule has 0 bridgehead atoms. The van der Waals surface area contributed by atoms with E-state index in [1.54, 1.807) is 0 Å². The molecule has 2 aromatic carbocycles. The summed E-state index contributed by atoms with van der Waals surface area (Å²) in [6.45, 7) is 4.02. The molecule has 1 aliphatic heterocycles. The fourth-order valence-corrected chi connectivity index (χ4v) is 5.16. The summed E-state index contributed by atoms with van der Waals surface area (Å²) in [7, 11) is 0. The van der Waals surface area contributed by atoms with Gasteiger partial charge in [0.15, 0.2) is 11.5 Å². The molecule has 0 atom stereocenters. The minimum absolute atomic E-state index is 0.108. The Morgan fingerprint density at radius 2 is 1.78 bits per heavy atom. The Labute approximate surface area is 190 Å². The molecule has 1 aliphatic carbocycles. The largest absolute Gasteiger partial charge is 0.448 e. The maximum Gasteiger partial charge on any atom is 0.336 e. The van der Waals surface area contributed by atoms with Crippen LogP contribution in [-0.4, -0.2) is 17.4 Å². The molecule has 1 aromatic heterocycles. The number of ether oxygens (including phenoxy) is 2. The number of amides is 1. The highest BCUT2D eigenvalue weighted by atomic mass is 32.2. The van der Waals surface area contributed by atoms with Crippen molar-refractivity contribution >= 4 is 34.3 Å². The number of aryl methyl sites for hydroxylation is 2. The van der Waals surface area contributed by atoms with Gasteiger partial charge in [-0.1, -0.05) is 0 Å². The summed E-state index contributed by atoms with van der Waals surface area (Å²) in [6, 6.07) is 10.9. The summed E-state index contributed by atoms with van der Waals surface area (Å²) in [4.78, 5) is 24.4. The molecule has 1 amide bonds. The van der Waals surface area contributed by atoms with Crippen molar-refractivity contribution in [3.63, 3.8) is 0 Å². The van der Waals surface area contributed by atoms with E-state index in [0.29, 0.717) is 22.8 Å². The van der Waals surface area contributed by atoms with Crippen LogP contribution in [0.4, 0.5) is 5.69 Å². The average molecular weight is 452 g/mol. The first-order valence-corrected chi connectivity index (χ1v) is 12.0. The van der Waals surface area contributed by atoms with E-state index in [9.17, 15) is 9.59 Å². The molecule has 166 valence electrons. The number of carbonyl (C=O) groups is 1. The number of fused-ring (bicyclic) bond motifs is 2. The Hall–Kier alpha value is -2.93. The molecule has 7 heteroatoms. The summed E-state index contributed by atoms with van der Waals surface area (Å²) in [6.07, 6.45) is 4.00. The van der Waals surface area contributed by atoms with Gasteiger partial charge in [0.25, 0.3) is 5.79 Å². The summed E-state index contributed by atoms with van der Waals surface area (Å²) >= 11 is 1.46. The van der Waals surface area contributed by atoms with E-state index < -0.39 is 5.79 Å². The number of benzene rings is 2. The van der Waals surface area contributed by atoms with E-state index in [1.165, 1.54) is 17.8 Å². The van der Waals surface area contributed by atoms with E-state index in [4.69, 9.17) is 13.9 Å². The van der Waals surface area contributed by atoms with Crippen molar-refractivity contribution in [2.24, 2.45) is 0 Å². The van der Waals surface area contributed by atoms with Crippen molar-refractivity contribution < 1.29 is 18.7 Å². The normalized spacial score (nSPS) is 16.1. The van der Waals surface area contributed by atoms with E-state index in [0.717, 1.165) is 53.5 Å². The van der Waals surface area contributed by atoms with E-state index in [-0.39, 0.29) is 17.3 Å². The van der Waals surface area contributed by atoms with E-state index in [1.807, 2.05) is 44.2 Å². The summed E-state index contributed by atoms with van der Waals surface area (Å²) in [5.74, 6) is 1.61. The fraction of sp³-hybridized carbons (Fsp3) is 0.360. The minimum Gasteiger partial charge on any atom is -0.448 e. The van der Waals surface area contributed by atoms with Gasteiger partial charge in [0.2, 0.25) is 5.91 Å². The van der Waals surface area contributed by atoms with Crippen LogP contribution in [0.15, 0.2) is 45.6 Å². The standard InChI is InChI=1S/C25H25NO5S/c1-15-9-19-17(11-24(28)29-21(19)10-16(15)2)13-32-14-23(27)26-18-5-6-20-22(12-18)31-25(30-20)7-3-4-8-25/h5-6,9-12H,3-4,7-8,13-14H2,1-2H3,(H,26,27). The molecule has 1 spiro atoms. The van der Waals surface area contributed by atoms with Gasteiger partial charge in [-0.25, -0.2) is 4.79 Å². The van der Waals surface area contributed by atoms with Crippen molar-refractivity contribution in [3.05, 3.63) is 63.5 Å². The predicted octanol–water partition coefficient (Wildman–Crippen LogP) is 5.32. The molecule has 0 unspecified atom stereocenters. The fourth-order valence-electron chi connectivity index (χ4n) is 4.34. The predicted molar refractivity (Wildman–Crippen MR) is 126 cm³/mol. The Morgan fingerprint density at radius 3 is 2.59 bits per heavy atom. The Kier molecular flexibility index (Phi) is 5.37. The molecule has 3 aromatic rings. The van der Waals surface area contributed by atoms with Crippen LogP contribution in [0.5, 0.6) is 11.5 Å². The number of thioether (sulfide) groups is 1. The number of hydrogen-bond acceptors (Lipinski definition) is 6. The average Bonchev–Trinajstić information content (AvgIpc) is 3.34. The van der Waals surface area contributed by atoms with Crippen LogP contribution in [-0.2, 0) is 10.5 Å². The topological polar surface area (TPSA) is 77.8 Å². The molecule has 6 nitrogen and oxygen atoms in total. The molecule has 0 radical (unpaired) electrons. The second kappa shape index (κ2) is 8.20. The Bertz CT molecular complexity index is 1260. The third kappa shape index (κ3) is 4.09. The lowest BCUT2D eigenvalue weighted by Crippen LogP contribution is -2.34. The van der Waals surface area contributed by atoms with Crippen LogP contribution in [0, 0.1) is 13.8 Å². The molecule has 0 saturated heterocycles. The molecule has 5 rings (SSSR count). The molecule has 1 N–H and O–H groups in total. The van der Waals surface area contributed by atoms with Crippen molar-refractivity contribution in [1.29, 1.82) is 0 Å². The molecular weight excluding hydrogens is 426 g/mol. The van der Waals surface area contributed by atoms with Crippen molar-refractivity contribution in [1.82, 2.24) is 0 Å². The summed E-state index contributed by atoms with van der Waals surface area (Å²) in [5, 5.41) is 3.84. The van der Waals surface area contributed by atoms with Crippen LogP contribution in [0.1, 0.15) is 42.4 Å². The van der Waals surface area contributed by atoms with Gasteiger partial charge in [0, 0.05) is 41.8 Å². The van der Waals surface area contributed by atoms with Crippen LogP contribution < -0.4 is 20.4 Å². The van der Waals surface area contributed by atoms with Crippen molar-refractivity contribution in [2.45, 2.75) is 51.1 Å². The highest BCUT2D eigenvalue weighted by molar-refractivity contribution is 7.99. The van der Waals surface area contributed by atoms with E-state index in [2.05, 4.69) is 5.32 Å². The first-order valence-electron chi connectivity index (χ1n) is 10.8. The first kappa shape index (κ1) is 20.9. The second-order valence-electron chi connectivity index (χ2n) is 8.55. The number of carbonyl (C=O) groups excluding carboxylic acids is 1. The Morgan fingerprint density at radius 1 is 1.03 bits per heavy atom. The third-order valence-electron chi connectivity index (χ3n) is 6.12. The lowest BCUT2D eigenvalue weighted by Gasteiger charge is -2.21. The van der Waals surface area contributed by atoms with Crippen molar-refractivity contribution in [3.8, 4) is 11.5 Å². The van der Waals surface area contributed by atoms with Crippen LogP contribution in [0.3, 0.4) is 0 Å². The zero-order valence-electron chi connectivity index (χ0n) is 18.2. The zero-order chi connectivity index (χ0) is 22.3. The van der Waals surface area contributed by atoms with Crippen LogP contribution >= 0.6 is 11.8 Å². The molecule has 32 heavy (non-hydrogen) atoms. The van der Waals surface area contributed by atoms with Gasteiger partial charge in [-0.15, -0.1) is 11.8 Å². The first-order chi connectivity index (χ1) is 15.4. The zero-order valence-corrected chi connectivity index (χ0v) is 19.0. The maximum absolute atomic E-state index is 12.5. The summed E-state index contributed by atoms with van der Waals surface area (Å²) in [5.41, 5.74) is 3.99. The lowest BCUT2D eigenvalue weighted by atomic mass is 10.0. The number of nitrogens with one attached hydrogen (secondary N) is 1. The second-order valence-corrected chi connectivity index (χ2v) is 9.53. The van der Waals surface area contributed by atoms with Crippen LogP contribution in [0.2, 0.25) is 0 Å². The quantitative estimate of drug-likeness (QED) is 0.529. The molecule has 1 saturated carbocycles. The van der Waals surface area contributed by atoms with Gasteiger partial charge in [0.05, 0.1) is 5.75 Å². The molecular formula is C25H25NO5S. The molecule has 1 fully saturated rings. The van der Waals surface area contributed by atoms with Gasteiger partial charge >= 0.3 is 5.63 Å². The number of hydrogen-bond donors (Lipinski definition) is 1. The van der Waals surface area contributed by atoms with Crippen LogP contribution in [0.25, 0.3) is 11.0 Å². The molecule has 2 aliphatic rings. The monoisotopic (exact) mass is 451 g/mol. The molecule has 2 heterocycles.